The Kier molecular flexibility index (Phi) is 2.10. The number of anilines is 1. The number of thiophene rings is 1. The molecule has 0 bridgehead atoms. The smallest absolute Gasteiger partial charge is 0.178 e. The minimum absolute atomic E-state index is 1.03. The molecule has 0 aliphatic heterocycles. The molecule has 2 aromatic heterocycles. The molecule has 0 saturated heterocycles. The number of rotatable bonds is 2. The van der Waals surface area contributed by atoms with Gasteiger partial charge in [-0.25, -0.2) is 0 Å². The van der Waals surface area contributed by atoms with Crippen LogP contribution in [-0.4, -0.2) is 14.1 Å². The SMILES string of the molecule is CN(C)c1csc(-c2[c]occ2)c1. The van der Waals surface area contributed by atoms with Gasteiger partial charge in [0.05, 0.1) is 6.26 Å². The number of hydrogen-bond acceptors (Lipinski definition) is 3. The van der Waals surface area contributed by atoms with Crippen LogP contribution in [0, 0.1) is 6.26 Å². The second kappa shape index (κ2) is 3.26. The Morgan fingerprint density at radius 1 is 1.46 bits per heavy atom. The molecule has 2 heterocycles. The zero-order chi connectivity index (χ0) is 9.26. The van der Waals surface area contributed by atoms with E-state index in [1.54, 1.807) is 17.6 Å². The van der Waals surface area contributed by atoms with Crippen LogP contribution in [-0.2, 0) is 0 Å². The molecule has 0 N–H and O–H groups in total. The van der Waals surface area contributed by atoms with Crippen LogP contribution in [0.4, 0.5) is 5.69 Å². The lowest BCUT2D eigenvalue weighted by molar-refractivity contribution is 0.559. The Labute approximate surface area is 81.4 Å². The van der Waals surface area contributed by atoms with Crippen LogP contribution < -0.4 is 4.90 Å². The summed E-state index contributed by atoms with van der Waals surface area (Å²) in [6.07, 6.45) is 4.47. The van der Waals surface area contributed by atoms with Crippen molar-refractivity contribution in [3.63, 3.8) is 0 Å². The van der Waals surface area contributed by atoms with Crippen molar-refractivity contribution in [3.05, 3.63) is 30.0 Å². The minimum atomic E-state index is 1.03. The fourth-order valence-electron chi connectivity index (χ4n) is 1.07. The monoisotopic (exact) mass is 192 g/mol. The maximum Gasteiger partial charge on any atom is 0.178 e. The summed E-state index contributed by atoms with van der Waals surface area (Å²) in [5, 5.41) is 2.12. The second-order valence-electron chi connectivity index (χ2n) is 3.00. The molecule has 1 radical (unpaired) electrons. The van der Waals surface area contributed by atoms with Gasteiger partial charge in [-0.05, 0) is 12.1 Å². The fourth-order valence-corrected chi connectivity index (χ4v) is 2.02. The topological polar surface area (TPSA) is 16.4 Å². The average molecular weight is 192 g/mol. The van der Waals surface area contributed by atoms with E-state index in [1.165, 1.54) is 10.6 Å². The van der Waals surface area contributed by atoms with Crippen molar-refractivity contribution in [2.45, 2.75) is 0 Å². The van der Waals surface area contributed by atoms with Gasteiger partial charge in [0, 0.05) is 35.6 Å². The van der Waals surface area contributed by atoms with Crippen molar-refractivity contribution in [2.75, 3.05) is 19.0 Å². The van der Waals surface area contributed by atoms with Gasteiger partial charge >= 0.3 is 0 Å². The highest BCUT2D eigenvalue weighted by molar-refractivity contribution is 7.14. The van der Waals surface area contributed by atoms with Crippen LogP contribution in [0.3, 0.4) is 0 Å². The first-order valence-electron chi connectivity index (χ1n) is 3.99. The van der Waals surface area contributed by atoms with E-state index >= 15 is 0 Å². The lowest BCUT2D eigenvalue weighted by atomic mass is 10.3. The normalized spacial score (nSPS) is 10.3. The summed E-state index contributed by atoms with van der Waals surface area (Å²) in [6, 6.07) is 4.05. The molecule has 67 valence electrons. The van der Waals surface area contributed by atoms with Gasteiger partial charge in [-0.15, -0.1) is 11.3 Å². The van der Waals surface area contributed by atoms with Crippen LogP contribution in [0.15, 0.2) is 28.2 Å². The largest absolute Gasteiger partial charge is 0.460 e. The first-order chi connectivity index (χ1) is 6.27. The lowest BCUT2D eigenvalue weighted by Gasteiger charge is -2.07. The molecular weight excluding hydrogens is 182 g/mol. The van der Waals surface area contributed by atoms with Crippen LogP contribution in [0.5, 0.6) is 0 Å². The maximum atomic E-state index is 4.91. The zero-order valence-electron chi connectivity index (χ0n) is 7.57. The van der Waals surface area contributed by atoms with Gasteiger partial charge in [0.15, 0.2) is 6.26 Å². The number of nitrogens with zero attached hydrogens (tertiary/aromatic N) is 1. The van der Waals surface area contributed by atoms with E-state index in [0.29, 0.717) is 0 Å². The van der Waals surface area contributed by atoms with Crippen LogP contribution >= 0.6 is 11.3 Å². The molecule has 2 rings (SSSR count). The third-order valence-corrected chi connectivity index (χ3v) is 2.79. The van der Waals surface area contributed by atoms with E-state index in [2.05, 4.69) is 22.6 Å². The predicted molar refractivity (Wildman–Crippen MR) is 55.2 cm³/mol. The Hall–Kier alpha value is -1.22. The first kappa shape index (κ1) is 8.38. The molecule has 0 amide bonds. The minimum Gasteiger partial charge on any atom is -0.460 e. The third-order valence-electron chi connectivity index (χ3n) is 1.84. The molecule has 2 aromatic rings. The van der Waals surface area contributed by atoms with Crippen molar-refractivity contribution in [2.24, 2.45) is 0 Å². The molecule has 0 spiro atoms. The van der Waals surface area contributed by atoms with Gasteiger partial charge in [-0.1, -0.05) is 0 Å². The predicted octanol–water partition coefficient (Wildman–Crippen LogP) is 2.87. The van der Waals surface area contributed by atoms with Crippen LogP contribution in [0.2, 0.25) is 0 Å². The average Bonchev–Trinajstić information content (AvgIpc) is 2.75. The van der Waals surface area contributed by atoms with Gasteiger partial charge in [0.2, 0.25) is 0 Å². The molecular formula is C10H10NOS. The highest BCUT2D eigenvalue weighted by Crippen LogP contribution is 2.30. The maximum absolute atomic E-state index is 4.91. The molecule has 0 aromatic carbocycles. The zero-order valence-corrected chi connectivity index (χ0v) is 8.39. The Morgan fingerprint density at radius 2 is 2.31 bits per heavy atom. The quantitative estimate of drug-likeness (QED) is 0.727. The molecule has 0 aliphatic rings. The summed E-state index contributed by atoms with van der Waals surface area (Å²) in [6.45, 7) is 0. The highest BCUT2D eigenvalue weighted by Gasteiger charge is 2.04. The Balaban J connectivity index is 2.33. The third kappa shape index (κ3) is 1.60. The van der Waals surface area contributed by atoms with Crippen LogP contribution in [0.25, 0.3) is 10.4 Å². The molecule has 0 atom stereocenters. The van der Waals surface area contributed by atoms with Crippen molar-refractivity contribution in [1.82, 2.24) is 0 Å². The molecule has 0 saturated carbocycles. The molecule has 3 heteroatoms. The number of furan rings is 1. The van der Waals surface area contributed by atoms with Crippen molar-refractivity contribution < 1.29 is 4.42 Å². The second-order valence-corrected chi connectivity index (χ2v) is 3.91. The van der Waals surface area contributed by atoms with E-state index in [9.17, 15) is 0 Å². The Bertz CT molecular complexity index is 375. The van der Waals surface area contributed by atoms with Gasteiger partial charge in [-0.2, -0.15) is 0 Å². The number of hydrogen-bond donors (Lipinski definition) is 0. The van der Waals surface area contributed by atoms with E-state index < -0.39 is 0 Å². The van der Waals surface area contributed by atoms with Gasteiger partial charge in [0.25, 0.3) is 0 Å². The summed E-state index contributed by atoms with van der Waals surface area (Å²) in [5.74, 6) is 0. The standard InChI is InChI=1S/C10H10NOS/c1-11(2)9-5-10(13-7-9)8-3-4-12-6-8/h3-5,7H,1-2H3. The fraction of sp³-hybridized carbons (Fsp3) is 0.200. The lowest BCUT2D eigenvalue weighted by Crippen LogP contribution is -2.06. The summed E-state index contributed by atoms with van der Waals surface area (Å²) >= 11 is 1.70. The van der Waals surface area contributed by atoms with Crippen LogP contribution in [0.1, 0.15) is 0 Å². The van der Waals surface area contributed by atoms with Crippen molar-refractivity contribution >= 4 is 17.0 Å². The summed E-state index contributed by atoms with van der Waals surface area (Å²) < 4.78 is 4.91. The van der Waals surface area contributed by atoms with Gasteiger partial charge < -0.3 is 9.32 Å². The Morgan fingerprint density at radius 3 is 2.85 bits per heavy atom. The molecule has 13 heavy (non-hydrogen) atoms. The highest BCUT2D eigenvalue weighted by atomic mass is 32.1. The summed E-state index contributed by atoms with van der Waals surface area (Å²) in [7, 11) is 4.07. The van der Waals surface area contributed by atoms with E-state index in [-0.39, 0.29) is 0 Å². The van der Waals surface area contributed by atoms with E-state index in [0.717, 1.165) is 5.56 Å². The van der Waals surface area contributed by atoms with E-state index in [1.807, 2.05) is 20.2 Å². The first-order valence-corrected chi connectivity index (χ1v) is 4.87. The molecule has 0 fully saturated rings. The molecule has 0 aliphatic carbocycles. The van der Waals surface area contributed by atoms with Crippen molar-refractivity contribution in [3.8, 4) is 10.4 Å². The summed E-state index contributed by atoms with van der Waals surface area (Å²) in [5.41, 5.74) is 2.24. The molecule has 2 nitrogen and oxygen atoms in total. The van der Waals surface area contributed by atoms with Gasteiger partial charge in [0.1, 0.15) is 0 Å². The van der Waals surface area contributed by atoms with Crippen molar-refractivity contribution in [1.29, 1.82) is 0 Å². The molecule has 0 unspecified atom stereocenters. The van der Waals surface area contributed by atoms with E-state index in [4.69, 9.17) is 4.42 Å². The van der Waals surface area contributed by atoms with Gasteiger partial charge in [-0.3, -0.25) is 0 Å². The summed E-state index contributed by atoms with van der Waals surface area (Å²) in [4.78, 5) is 3.28.